The van der Waals surface area contributed by atoms with Gasteiger partial charge in [-0.15, -0.1) is 0 Å². The number of sulfonamides is 1. The van der Waals surface area contributed by atoms with Gasteiger partial charge in [0.2, 0.25) is 21.8 Å². The zero-order valence-electron chi connectivity index (χ0n) is 24.1. The molecule has 1 atom stereocenters. The number of benzene rings is 2. The maximum atomic E-state index is 13.7. The van der Waals surface area contributed by atoms with Crippen LogP contribution in [0.25, 0.3) is 0 Å². The van der Waals surface area contributed by atoms with Crippen LogP contribution in [0.15, 0.2) is 42.5 Å². The van der Waals surface area contributed by atoms with E-state index in [4.69, 9.17) is 27.9 Å². The van der Waals surface area contributed by atoms with Crippen LogP contribution in [0, 0.1) is 0 Å². The molecule has 0 radical (unpaired) electrons. The minimum absolute atomic E-state index is 0.0400. The van der Waals surface area contributed by atoms with Crippen LogP contribution in [0.3, 0.4) is 0 Å². The molecule has 0 heterocycles. The molecule has 2 aromatic rings. The smallest absolute Gasteiger partial charge is 0.243 e. The Hall–Kier alpha value is -2.49. The summed E-state index contributed by atoms with van der Waals surface area (Å²) in [5.41, 5.74) is 1.06. The Morgan fingerprint density at radius 1 is 1.02 bits per heavy atom. The monoisotopic (exact) mass is 625 g/mol. The fourth-order valence-electron chi connectivity index (χ4n) is 5.20. The van der Waals surface area contributed by atoms with E-state index >= 15 is 0 Å². The summed E-state index contributed by atoms with van der Waals surface area (Å²) in [6.45, 7) is 4.42. The number of rotatable bonds is 14. The Morgan fingerprint density at radius 3 is 2.22 bits per heavy atom. The van der Waals surface area contributed by atoms with Crippen molar-refractivity contribution in [2.75, 3.05) is 23.7 Å². The predicted octanol–water partition coefficient (Wildman–Crippen LogP) is 6.19. The highest BCUT2D eigenvalue weighted by atomic mass is 35.5. The molecule has 0 saturated heterocycles. The Balaban J connectivity index is 1.78. The van der Waals surface area contributed by atoms with E-state index in [9.17, 15) is 18.0 Å². The molecule has 0 aliphatic heterocycles. The Labute approximate surface area is 254 Å². The summed E-state index contributed by atoms with van der Waals surface area (Å²) >= 11 is 12.9. The average molecular weight is 627 g/mol. The van der Waals surface area contributed by atoms with Gasteiger partial charge in [0.25, 0.3) is 0 Å². The summed E-state index contributed by atoms with van der Waals surface area (Å²) in [6.07, 6.45) is 7.02. The number of carbonyl (C=O) groups excluding carboxylic acids is 2. The van der Waals surface area contributed by atoms with Gasteiger partial charge in [0, 0.05) is 41.2 Å². The fraction of sp³-hybridized carbons (Fsp3) is 0.533. The topological polar surface area (TPSA) is 96.0 Å². The third-order valence-corrected chi connectivity index (χ3v) is 9.22. The van der Waals surface area contributed by atoms with Crippen LogP contribution in [-0.2, 0) is 26.2 Å². The van der Waals surface area contributed by atoms with E-state index < -0.39 is 16.1 Å². The molecule has 2 amide bonds. The van der Waals surface area contributed by atoms with Crippen LogP contribution < -0.4 is 14.4 Å². The highest BCUT2D eigenvalue weighted by Crippen LogP contribution is 2.28. The minimum Gasteiger partial charge on any atom is -0.494 e. The second kappa shape index (κ2) is 15.7. The molecule has 1 fully saturated rings. The third-order valence-electron chi connectivity index (χ3n) is 7.32. The van der Waals surface area contributed by atoms with E-state index in [1.165, 1.54) is 15.6 Å². The van der Waals surface area contributed by atoms with Crippen molar-refractivity contribution in [3.05, 3.63) is 58.1 Å². The highest BCUT2D eigenvalue weighted by Gasteiger charge is 2.31. The van der Waals surface area contributed by atoms with E-state index in [1.54, 1.807) is 42.5 Å². The van der Waals surface area contributed by atoms with Crippen molar-refractivity contribution in [2.45, 2.75) is 83.8 Å². The van der Waals surface area contributed by atoms with Gasteiger partial charge in [0.1, 0.15) is 11.8 Å². The van der Waals surface area contributed by atoms with Crippen LogP contribution >= 0.6 is 23.2 Å². The molecule has 226 valence electrons. The van der Waals surface area contributed by atoms with Gasteiger partial charge < -0.3 is 15.0 Å². The normalized spacial score (nSPS) is 14.8. The maximum absolute atomic E-state index is 13.7. The van der Waals surface area contributed by atoms with Crippen molar-refractivity contribution in [2.24, 2.45) is 0 Å². The van der Waals surface area contributed by atoms with E-state index in [0.717, 1.165) is 31.9 Å². The molecule has 41 heavy (non-hydrogen) atoms. The first-order valence-electron chi connectivity index (χ1n) is 14.3. The average Bonchev–Trinajstić information content (AvgIpc) is 2.93. The van der Waals surface area contributed by atoms with Crippen LogP contribution in [0.4, 0.5) is 5.69 Å². The summed E-state index contributed by atoms with van der Waals surface area (Å²) in [4.78, 5) is 28.7. The lowest BCUT2D eigenvalue weighted by atomic mass is 9.95. The summed E-state index contributed by atoms with van der Waals surface area (Å²) in [5, 5.41) is 3.98. The van der Waals surface area contributed by atoms with Gasteiger partial charge in [-0.2, -0.15) is 0 Å². The Morgan fingerprint density at radius 2 is 1.66 bits per heavy atom. The first-order valence-corrected chi connectivity index (χ1v) is 16.9. The summed E-state index contributed by atoms with van der Waals surface area (Å²) < 4.78 is 32.0. The van der Waals surface area contributed by atoms with Crippen LogP contribution in [0.5, 0.6) is 5.75 Å². The summed E-state index contributed by atoms with van der Waals surface area (Å²) in [7, 11) is -3.60. The van der Waals surface area contributed by atoms with E-state index in [1.807, 2.05) is 13.8 Å². The van der Waals surface area contributed by atoms with Crippen LogP contribution in [0.2, 0.25) is 10.0 Å². The SMILES string of the molecule is CCOc1ccc(N(CCCC(=O)N(Cc2c(Cl)cccc2Cl)C(CC)C(=O)NC2CCCCC2)S(C)(=O)=O)cc1. The molecule has 1 aliphatic carbocycles. The highest BCUT2D eigenvalue weighted by molar-refractivity contribution is 7.92. The van der Waals surface area contributed by atoms with Gasteiger partial charge in [0.05, 0.1) is 18.6 Å². The quantitative estimate of drug-likeness (QED) is 0.270. The molecule has 1 aliphatic rings. The maximum Gasteiger partial charge on any atom is 0.243 e. The second-order valence-electron chi connectivity index (χ2n) is 10.4. The van der Waals surface area contributed by atoms with Crippen LogP contribution in [0.1, 0.15) is 70.8 Å². The molecule has 3 rings (SSSR count). The molecule has 1 N–H and O–H groups in total. The lowest BCUT2D eigenvalue weighted by Gasteiger charge is -2.33. The van der Waals surface area contributed by atoms with E-state index in [-0.39, 0.29) is 43.8 Å². The Kier molecular flexibility index (Phi) is 12.6. The molecule has 0 aromatic heterocycles. The molecule has 1 unspecified atom stereocenters. The van der Waals surface area contributed by atoms with E-state index in [0.29, 0.717) is 40.1 Å². The minimum atomic E-state index is -3.60. The molecular weight excluding hydrogens is 585 g/mol. The van der Waals surface area contributed by atoms with Crippen molar-refractivity contribution in [1.82, 2.24) is 10.2 Å². The first-order chi connectivity index (χ1) is 19.5. The van der Waals surface area contributed by atoms with Crippen molar-refractivity contribution >= 4 is 50.7 Å². The van der Waals surface area contributed by atoms with Gasteiger partial charge >= 0.3 is 0 Å². The number of ether oxygens (including phenoxy) is 1. The van der Waals surface area contributed by atoms with Gasteiger partial charge in [0.15, 0.2) is 0 Å². The van der Waals surface area contributed by atoms with E-state index in [2.05, 4.69) is 5.32 Å². The second-order valence-corrected chi connectivity index (χ2v) is 13.1. The van der Waals surface area contributed by atoms with Crippen LogP contribution in [-0.4, -0.2) is 56.6 Å². The van der Waals surface area contributed by atoms with Crippen molar-refractivity contribution in [3.8, 4) is 5.75 Å². The molecule has 2 aromatic carbocycles. The van der Waals surface area contributed by atoms with Crippen molar-refractivity contribution in [1.29, 1.82) is 0 Å². The molecule has 11 heteroatoms. The summed E-state index contributed by atoms with van der Waals surface area (Å²) in [6, 6.07) is 11.3. The Bertz CT molecular complexity index is 1250. The lowest BCUT2D eigenvalue weighted by molar-refractivity contribution is -0.141. The number of nitrogens with zero attached hydrogens (tertiary/aromatic N) is 2. The van der Waals surface area contributed by atoms with Crippen molar-refractivity contribution in [3.63, 3.8) is 0 Å². The number of halogens is 2. The van der Waals surface area contributed by atoms with Gasteiger partial charge in [-0.25, -0.2) is 8.42 Å². The standard InChI is InChI=1S/C30H41Cl2N3O5S/c1-4-28(30(37)33-22-11-7-6-8-12-22)34(21-25-26(31)13-9-14-27(25)32)29(36)15-10-20-35(41(3,38)39)23-16-18-24(19-17-23)40-5-2/h9,13-14,16-19,22,28H,4-8,10-12,15,20-21H2,1-3H3,(H,33,37). The molecule has 8 nitrogen and oxygen atoms in total. The van der Waals surface area contributed by atoms with Crippen molar-refractivity contribution < 1.29 is 22.7 Å². The molecule has 0 bridgehead atoms. The van der Waals surface area contributed by atoms with Gasteiger partial charge in [-0.1, -0.05) is 55.5 Å². The fourth-order valence-corrected chi connectivity index (χ4v) is 6.68. The largest absolute Gasteiger partial charge is 0.494 e. The van der Waals surface area contributed by atoms with Gasteiger partial charge in [-0.05, 0) is 69.0 Å². The number of anilines is 1. The molecule has 1 saturated carbocycles. The lowest BCUT2D eigenvalue weighted by Crippen LogP contribution is -2.51. The number of carbonyl (C=O) groups is 2. The zero-order valence-corrected chi connectivity index (χ0v) is 26.4. The number of amides is 2. The number of hydrogen-bond acceptors (Lipinski definition) is 5. The molecule has 0 spiro atoms. The third kappa shape index (κ3) is 9.51. The number of hydrogen-bond donors (Lipinski definition) is 1. The zero-order chi connectivity index (χ0) is 30.0. The molecular formula is C30H41Cl2N3O5S. The first kappa shape index (κ1) is 33.0. The predicted molar refractivity (Wildman–Crippen MR) is 165 cm³/mol. The van der Waals surface area contributed by atoms with Gasteiger partial charge in [-0.3, -0.25) is 13.9 Å². The summed E-state index contributed by atoms with van der Waals surface area (Å²) in [5.74, 6) is 0.181. The number of nitrogens with one attached hydrogen (secondary N) is 1.